The molecule has 0 unspecified atom stereocenters. The average molecular weight is 253 g/mol. The molecule has 6 nitrogen and oxygen atoms in total. The van der Waals surface area contributed by atoms with Gasteiger partial charge in [-0.2, -0.15) is 5.10 Å². The maximum Gasteiger partial charge on any atom is 0.342 e. The van der Waals surface area contributed by atoms with Crippen molar-refractivity contribution in [3.63, 3.8) is 0 Å². The molecule has 1 aromatic heterocycles. The monoisotopic (exact) mass is 253 g/mol. The number of carbonyl (C=O) groups is 2. The van der Waals surface area contributed by atoms with E-state index in [1.807, 2.05) is 13.8 Å². The summed E-state index contributed by atoms with van der Waals surface area (Å²) in [5.74, 6) is -0.698. The highest BCUT2D eigenvalue weighted by Gasteiger charge is 2.17. The Balaban J connectivity index is 2.57. The molecule has 0 N–H and O–H groups in total. The Morgan fingerprint density at radius 3 is 2.44 bits per heavy atom. The third-order valence-corrected chi connectivity index (χ3v) is 2.90. The van der Waals surface area contributed by atoms with E-state index in [4.69, 9.17) is 4.74 Å². The van der Waals surface area contributed by atoms with Crippen molar-refractivity contribution in [1.82, 2.24) is 14.7 Å². The molecule has 0 radical (unpaired) electrons. The van der Waals surface area contributed by atoms with Gasteiger partial charge in [0.25, 0.3) is 5.91 Å². The van der Waals surface area contributed by atoms with E-state index >= 15 is 0 Å². The maximum atomic E-state index is 11.7. The van der Waals surface area contributed by atoms with Crippen LogP contribution in [0.1, 0.15) is 29.9 Å². The van der Waals surface area contributed by atoms with Crippen LogP contribution in [0.4, 0.5) is 0 Å². The fourth-order valence-electron chi connectivity index (χ4n) is 1.57. The number of amides is 1. The summed E-state index contributed by atoms with van der Waals surface area (Å²) in [4.78, 5) is 25.0. The number of nitrogens with zero attached hydrogens (tertiary/aromatic N) is 3. The summed E-state index contributed by atoms with van der Waals surface area (Å²) in [5.41, 5.74) is 1.11. The van der Waals surface area contributed by atoms with Gasteiger partial charge in [0.15, 0.2) is 6.61 Å². The SMILES string of the molecule is CCN(CC)C(=O)COC(=O)c1cnn(C)c1C. The lowest BCUT2D eigenvalue weighted by Gasteiger charge is -2.18. The number of hydrogen-bond acceptors (Lipinski definition) is 4. The zero-order valence-electron chi connectivity index (χ0n) is 11.3. The van der Waals surface area contributed by atoms with Gasteiger partial charge in [0.2, 0.25) is 0 Å². The van der Waals surface area contributed by atoms with Gasteiger partial charge in [-0.3, -0.25) is 9.48 Å². The molecule has 0 bridgehead atoms. The third-order valence-electron chi connectivity index (χ3n) is 2.90. The maximum absolute atomic E-state index is 11.7. The van der Waals surface area contributed by atoms with Gasteiger partial charge in [0.05, 0.1) is 6.20 Å². The lowest BCUT2D eigenvalue weighted by molar-refractivity contribution is -0.134. The van der Waals surface area contributed by atoms with Crippen molar-refractivity contribution in [1.29, 1.82) is 0 Å². The van der Waals surface area contributed by atoms with Crippen LogP contribution >= 0.6 is 0 Å². The van der Waals surface area contributed by atoms with E-state index in [2.05, 4.69) is 5.10 Å². The lowest BCUT2D eigenvalue weighted by Crippen LogP contribution is -2.34. The second-order valence-corrected chi connectivity index (χ2v) is 3.91. The van der Waals surface area contributed by atoms with Crippen LogP contribution in [0.25, 0.3) is 0 Å². The van der Waals surface area contributed by atoms with Crippen LogP contribution in [0.3, 0.4) is 0 Å². The predicted molar refractivity (Wildman–Crippen MR) is 66.2 cm³/mol. The number of carbonyl (C=O) groups excluding carboxylic acids is 2. The molecule has 0 aliphatic carbocycles. The van der Waals surface area contributed by atoms with Crippen LogP contribution < -0.4 is 0 Å². The summed E-state index contributed by atoms with van der Waals surface area (Å²) in [7, 11) is 1.74. The largest absolute Gasteiger partial charge is 0.452 e. The van der Waals surface area contributed by atoms with Gasteiger partial charge in [0, 0.05) is 25.8 Å². The number of rotatable bonds is 5. The van der Waals surface area contributed by atoms with E-state index in [0.717, 1.165) is 5.69 Å². The molecule has 0 aliphatic rings. The van der Waals surface area contributed by atoms with Crippen molar-refractivity contribution >= 4 is 11.9 Å². The van der Waals surface area contributed by atoms with Gasteiger partial charge in [-0.15, -0.1) is 0 Å². The Hall–Kier alpha value is -1.85. The van der Waals surface area contributed by atoms with Crippen LogP contribution in [0.5, 0.6) is 0 Å². The van der Waals surface area contributed by atoms with Gasteiger partial charge in [-0.05, 0) is 20.8 Å². The van der Waals surface area contributed by atoms with Crippen LogP contribution in [0, 0.1) is 6.92 Å². The molecule has 18 heavy (non-hydrogen) atoms. The second-order valence-electron chi connectivity index (χ2n) is 3.91. The van der Waals surface area contributed by atoms with E-state index in [-0.39, 0.29) is 12.5 Å². The van der Waals surface area contributed by atoms with Crippen molar-refractivity contribution in [3.05, 3.63) is 17.5 Å². The number of hydrogen-bond donors (Lipinski definition) is 0. The second kappa shape index (κ2) is 6.18. The van der Waals surface area contributed by atoms with Crippen LogP contribution in [-0.2, 0) is 16.6 Å². The zero-order chi connectivity index (χ0) is 13.7. The molecular formula is C12H19N3O3. The van der Waals surface area contributed by atoms with Gasteiger partial charge in [0.1, 0.15) is 5.56 Å². The predicted octanol–water partition coefficient (Wildman–Crippen LogP) is 0.754. The van der Waals surface area contributed by atoms with Gasteiger partial charge in [-0.25, -0.2) is 4.79 Å². The molecule has 0 aromatic carbocycles. The Labute approximate surface area is 107 Å². The summed E-state index contributed by atoms with van der Waals surface area (Å²) < 4.78 is 6.57. The van der Waals surface area contributed by atoms with Crippen LogP contribution in [-0.4, -0.2) is 46.3 Å². The first-order chi connectivity index (χ1) is 8.51. The number of aromatic nitrogens is 2. The van der Waals surface area contributed by atoms with Crippen molar-refractivity contribution < 1.29 is 14.3 Å². The number of likely N-dealkylation sites (N-methyl/N-ethyl adjacent to an activating group) is 1. The quantitative estimate of drug-likeness (QED) is 0.726. The fourth-order valence-corrected chi connectivity index (χ4v) is 1.57. The number of aryl methyl sites for hydroxylation is 1. The molecule has 0 spiro atoms. The van der Waals surface area contributed by atoms with E-state index in [1.165, 1.54) is 6.20 Å². The summed E-state index contributed by atoms with van der Waals surface area (Å²) in [6.45, 7) is 6.53. The number of ether oxygens (including phenoxy) is 1. The highest BCUT2D eigenvalue weighted by Crippen LogP contribution is 2.07. The standard InChI is InChI=1S/C12H19N3O3/c1-5-15(6-2)11(16)8-18-12(17)10-7-13-14(4)9(10)3/h7H,5-6,8H2,1-4H3. The van der Waals surface area contributed by atoms with Gasteiger partial charge < -0.3 is 9.64 Å². The average Bonchev–Trinajstić information content (AvgIpc) is 2.69. The van der Waals surface area contributed by atoms with Crippen molar-refractivity contribution in [2.45, 2.75) is 20.8 Å². The molecule has 100 valence electrons. The first-order valence-corrected chi connectivity index (χ1v) is 5.94. The molecule has 1 amide bonds. The summed E-state index contributed by atoms with van der Waals surface area (Å²) >= 11 is 0. The molecule has 0 saturated carbocycles. The van der Waals surface area contributed by atoms with E-state index < -0.39 is 5.97 Å². The molecular weight excluding hydrogens is 234 g/mol. The minimum absolute atomic E-state index is 0.185. The minimum Gasteiger partial charge on any atom is -0.452 e. The van der Waals surface area contributed by atoms with Crippen LogP contribution in [0.2, 0.25) is 0 Å². The van der Waals surface area contributed by atoms with E-state index in [9.17, 15) is 9.59 Å². The Bertz CT molecular complexity index is 436. The first-order valence-electron chi connectivity index (χ1n) is 5.94. The van der Waals surface area contributed by atoms with E-state index in [1.54, 1.807) is 23.6 Å². The summed E-state index contributed by atoms with van der Waals surface area (Å²) in [6, 6.07) is 0. The molecule has 1 aromatic rings. The summed E-state index contributed by atoms with van der Waals surface area (Å²) in [6.07, 6.45) is 1.44. The molecule has 1 heterocycles. The number of esters is 1. The molecule has 1 rings (SSSR count). The van der Waals surface area contributed by atoms with E-state index in [0.29, 0.717) is 18.7 Å². The third kappa shape index (κ3) is 3.09. The highest BCUT2D eigenvalue weighted by molar-refractivity contribution is 5.92. The van der Waals surface area contributed by atoms with Crippen molar-refractivity contribution in [3.8, 4) is 0 Å². The summed E-state index contributed by atoms with van der Waals surface area (Å²) in [5, 5.41) is 3.95. The molecule has 6 heteroatoms. The first kappa shape index (κ1) is 14.2. The minimum atomic E-state index is -0.513. The zero-order valence-corrected chi connectivity index (χ0v) is 11.3. The molecule has 0 aliphatic heterocycles. The smallest absolute Gasteiger partial charge is 0.342 e. The molecule has 0 fully saturated rings. The normalized spacial score (nSPS) is 10.2. The Morgan fingerprint density at radius 1 is 1.39 bits per heavy atom. The molecule has 0 atom stereocenters. The van der Waals surface area contributed by atoms with Crippen molar-refractivity contribution in [2.24, 2.45) is 7.05 Å². The van der Waals surface area contributed by atoms with Crippen LogP contribution in [0.15, 0.2) is 6.20 Å². The Kier molecular flexibility index (Phi) is 4.88. The topological polar surface area (TPSA) is 64.4 Å². The lowest BCUT2D eigenvalue weighted by atomic mass is 10.3. The van der Waals surface area contributed by atoms with Gasteiger partial charge in [-0.1, -0.05) is 0 Å². The highest BCUT2D eigenvalue weighted by atomic mass is 16.5. The van der Waals surface area contributed by atoms with Gasteiger partial charge >= 0.3 is 5.97 Å². The van der Waals surface area contributed by atoms with Crippen molar-refractivity contribution in [2.75, 3.05) is 19.7 Å². The fraction of sp³-hybridized carbons (Fsp3) is 0.583. The Morgan fingerprint density at radius 2 is 2.00 bits per heavy atom. The molecule has 0 saturated heterocycles.